The predicted molar refractivity (Wildman–Crippen MR) is 93.8 cm³/mol. The Kier molecular flexibility index (Phi) is 4.48. The van der Waals surface area contributed by atoms with Crippen LogP contribution in [0.25, 0.3) is 10.2 Å². The normalized spacial score (nSPS) is 10.5. The van der Waals surface area contributed by atoms with Crippen molar-refractivity contribution < 1.29 is 19.2 Å². The molecule has 3 aromatic rings. The van der Waals surface area contributed by atoms with E-state index < -0.39 is 10.8 Å². The molecule has 25 heavy (non-hydrogen) atoms. The number of carbonyl (C=O) groups excluding carboxylic acids is 1. The van der Waals surface area contributed by atoms with Crippen molar-refractivity contribution in [1.29, 1.82) is 0 Å². The average molecular weight is 359 g/mol. The van der Waals surface area contributed by atoms with Gasteiger partial charge in [0.05, 0.1) is 34.9 Å². The van der Waals surface area contributed by atoms with E-state index in [1.165, 1.54) is 26.4 Å². The number of ether oxygens (including phenoxy) is 2. The Morgan fingerprint density at radius 3 is 2.68 bits per heavy atom. The van der Waals surface area contributed by atoms with E-state index in [1.807, 2.05) is 0 Å². The third-order valence-corrected chi connectivity index (χ3v) is 4.39. The average Bonchev–Trinajstić information content (AvgIpc) is 3.02. The summed E-state index contributed by atoms with van der Waals surface area (Å²) in [5.74, 6) is 0.544. The molecule has 3 rings (SSSR count). The Labute approximate surface area is 146 Å². The summed E-state index contributed by atoms with van der Waals surface area (Å²) in [5, 5.41) is 13.9. The van der Waals surface area contributed by atoms with Gasteiger partial charge in [0.2, 0.25) is 0 Å². The molecule has 0 bridgehead atoms. The first-order valence-corrected chi connectivity index (χ1v) is 7.92. The molecule has 2 aromatic carbocycles. The molecule has 0 saturated heterocycles. The van der Waals surface area contributed by atoms with E-state index in [1.54, 1.807) is 24.3 Å². The quantitative estimate of drug-likeness (QED) is 0.552. The van der Waals surface area contributed by atoms with Crippen LogP contribution in [0.4, 0.5) is 10.8 Å². The molecule has 1 N–H and O–H groups in total. The Morgan fingerprint density at radius 1 is 1.20 bits per heavy atom. The van der Waals surface area contributed by atoms with Crippen LogP contribution in [0.1, 0.15) is 10.4 Å². The monoisotopic (exact) mass is 359 g/mol. The maximum absolute atomic E-state index is 12.5. The number of nitrogens with zero attached hydrogens (tertiary/aromatic N) is 2. The number of amides is 1. The molecule has 128 valence electrons. The predicted octanol–water partition coefficient (Wildman–Crippen LogP) is 3.47. The maximum Gasteiger partial charge on any atom is 0.270 e. The number of nitrogens with one attached hydrogen (secondary N) is 1. The van der Waals surface area contributed by atoms with Gasteiger partial charge in [-0.2, -0.15) is 0 Å². The number of anilines is 1. The molecule has 0 radical (unpaired) electrons. The third-order valence-electron chi connectivity index (χ3n) is 3.46. The summed E-state index contributed by atoms with van der Waals surface area (Å²) in [5.41, 5.74) is 0.881. The van der Waals surface area contributed by atoms with E-state index >= 15 is 0 Å². The summed E-state index contributed by atoms with van der Waals surface area (Å²) in [4.78, 5) is 27.1. The molecule has 9 heteroatoms. The van der Waals surface area contributed by atoms with Gasteiger partial charge >= 0.3 is 0 Å². The van der Waals surface area contributed by atoms with Crippen LogP contribution in [0.2, 0.25) is 0 Å². The lowest BCUT2D eigenvalue weighted by molar-refractivity contribution is -0.384. The second kappa shape index (κ2) is 6.73. The summed E-state index contributed by atoms with van der Waals surface area (Å²) in [6.07, 6.45) is 0. The number of nitro groups is 1. The van der Waals surface area contributed by atoms with E-state index in [-0.39, 0.29) is 5.69 Å². The lowest BCUT2D eigenvalue weighted by Crippen LogP contribution is -2.13. The number of aromatic nitrogens is 1. The van der Waals surface area contributed by atoms with Gasteiger partial charge in [-0.05, 0) is 18.2 Å². The molecule has 0 aliphatic rings. The van der Waals surface area contributed by atoms with E-state index in [2.05, 4.69) is 10.3 Å². The van der Waals surface area contributed by atoms with Gasteiger partial charge in [-0.1, -0.05) is 11.3 Å². The SMILES string of the molecule is COc1ccc(C(=O)Nc2nc3ccc([N+](=O)[O-])cc3s2)c(OC)c1. The first-order valence-electron chi connectivity index (χ1n) is 7.10. The number of thiazole rings is 1. The first kappa shape index (κ1) is 16.7. The van der Waals surface area contributed by atoms with Crippen molar-refractivity contribution in [2.45, 2.75) is 0 Å². The van der Waals surface area contributed by atoms with Gasteiger partial charge in [0.15, 0.2) is 5.13 Å². The van der Waals surface area contributed by atoms with E-state index in [0.29, 0.717) is 32.4 Å². The molecule has 0 spiro atoms. The fraction of sp³-hybridized carbons (Fsp3) is 0.125. The molecule has 0 unspecified atom stereocenters. The van der Waals surface area contributed by atoms with E-state index in [0.717, 1.165) is 11.3 Å². The number of nitro benzene ring substituents is 1. The fourth-order valence-corrected chi connectivity index (χ4v) is 3.12. The Morgan fingerprint density at radius 2 is 2.00 bits per heavy atom. The molecule has 0 aliphatic heterocycles. The van der Waals surface area contributed by atoms with Gasteiger partial charge in [0.1, 0.15) is 11.5 Å². The number of benzene rings is 2. The maximum atomic E-state index is 12.5. The second-order valence-electron chi connectivity index (χ2n) is 4.95. The molecule has 0 aliphatic carbocycles. The van der Waals surface area contributed by atoms with Gasteiger partial charge in [0, 0.05) is 18.2 Å². The highest BCUT2D eigenvalue weighted by atomic mass is 32.1. The standard InChI is InChI=1S/C16H13N3O5S/c1-23-10-4-5-11(13(8-10)24-2)15(20)18-16-17-12-6-3-9(19(21)22)7-14(12)25-16/h3-8H,1-2H3,(H,17,18,20). The minimum absolute atomic E-state index is 0.0224. The van der Waals surface area contributed by atoms with Crippen molar-refractivity contribution in [2.75, 3.05) is 19.5 Å². The number of hydrogen-bond donors (Lipinski definition) is 1. The zero-order valence-corrected chi connectivity index (χ0v) is 14.1. The van der Waals surface area contributed by atoms with Crippen molar-refractivity contribution in [2.24, 2.45) is 0 Å². The highest BCUT2D eigenvalue weighted by molar-refractivity contribution is 7.22. The van der Waals surface area contributed by atoms with Gasteiger partial charge < -0.3 is 9.47 Å². The lowest BCUT2D eigenvalue weighted by atomic mass is 10.2. The van der Waals surface area contributed by atoms with Crippen LogP contribution in [0.5, 0.6) is 11.5 Å². The van der Waals surface area contributed by atoms with Crippen LogP contribution < -0.4 is 14.8 Å². The summed E-state index contributed by atoms with van der Waals surface area (Å²) >= 11 is 1.16. The molecule has 8 nitrogen and oxygen atoms in total. The highest BCUT2D eigenvalue weighted by Crippen LogP contribution is 2.30. The number of non-ortho nitro benzene ring substituents is 1. The molecule has 1 heterocycles. The molecule has 0 saturated carbocycles. The number of fused-ring (bicyclic) bond motifs is 1. The van der Waals surface area contributed by atoms with Gasteiger partial charge in [-0.15, -0.1) is 0 Å². The largest absolute Gasteiger partial charge is 0.497 e. The zero-order valence-electron chi connectivity index (χ0n) is 13.3. The molecule has 1 amide bonds. The molecular weight excluding hydrogens is 346 g/mol. The number of hydrogen-bond acceptors (Lipinski definition) is 7. The van der Waals surface area contributed by atoms with Crippen molar-refractivity contribution in [3.63, 3.8) is 0 Å². The molecule has 1 aromatic heterocycles. The van der Waals surface area contributed by atoms with Crippen LogP contribution in [0.3, 0.4) is 0 Å². The molecular formula is C16H13N3O5S. The Hall–Kier alpha value is -3.20. The van der Waals surface area contributed by atoms with Crippen molar-refractivity contribution >= 4 is 38.3 Å². The highest BCUT2D eigenvalue weighted by Gasteiger charge is 2.16. The van der Waals surface area contributed by atoms with E-state index in [9.17, 15) is 14.9 Å². The third kappa shape index (κ3) is 3.36. The van der Waals surface area contributed by atoms with Gasteiger partial charge in [0.25, 0.3) is 11.6 Å². The minimum atomic E-state index is -0.473. The number of rotatable bonds is 5. The summed E-state index contributed by atoms with van der Waals surface area (Å²) in [7, 11) is 2.98. The minimum Gasteiger partial charge on any atom is -0.497 e. The fourth-order valence-electron chi connectivity index (χ4n) is 2.23. The smallest absolute Gasteiger partial charge is 0.270 e. The Bertz CT molecular complexity index is 970. The van der Waals surface area contributed by atoms with Gasteiger partial charge in [-0.25, -0.2) is 4.98 Å². The van der Waals surface area contributed by atoms with Crippen LogP contribution >= 0.6 is 11.3 Å². The van der Waals surface area contributed by atoms with E-state index in [4.69, 9.17) is 9.47 Å². The zero-order chi connectivity index (χ0) is 18.0. The number of carbonyl (C=O) groups is 1. The Balaban J connectivity index is 1.88. The first-order chi connectivity index (χ1) is 12.0. The summed E-state index contributed by atoms with van der Waals surface area (Å²) < 4.78 is 10.9. The van der Waals surface area contributed by atoms with Crippen LogP contribution in [0.15, 0.2) is 36.4 Å². The molecule has 0 atom stereocenters. The summed E-state index contributed by atoms with van der Waals surface area (Å²) in [6.45, 7) is 0. The van der Waals surface area contributed by atoms with Crippen molar-refractivity contribution in [1.82, 2.24) is 4.98 Å². The van der Waals surface area contributed by atoms with Crippen LogP contribution in [0, 0.1) is 10.1 Å². The van der Waals surface area contributed by atoms with Crippen LogP contribution in [-0.4, -0.2) is 30.0 Å². The number of methoxy groups -OCH3 is 2. The van der Waals surface area contributed by atoms with Crippen molar-refractivity contribution in [3.8, 4) is 11.5 Å². The topological polar surface area (TPSA) is 104 Å². The molecule has 0 fully saturated rings. The lowest BCUT2D eigenvalue weighted by Gasteiger charge is -2.09. The summed E-state index contributed by atoms with van der Waals surface area (Å²) in [6, 6.07) is 9.20. The second-order valence-corrected chi connectivity index (χ2v) is 5.98. The van der Waals surface area contributed by atoms with Crippen LogP contribution in [-0.2, 0) is 0 Å². The van der Waals surface area contributed by atoms with Crippen molar-refractivity contribution in [3.05, 3.63) is 52.1 Å². The van der Waals surface area contributed by atoms with Gasteiger partial charge in [-0.3, -0.25) is 20.2 Å².